The third-order valence-corrected chi connectivity index (χ3v) is 0.158. The molecule has 7 heavy (non-hydrogen) atoms. The molecule has 3 heteroatoms. The third kappa shape index (κ3) is 326. The lowest BCUT2D eigenvalue weighted by Crippen LogP contribution is -1.56. The van der Waals surface area contributed by atoms with Crippen molar-refractivity contribution in [2.24, 2.45) is 4.99 Å². The Kier molecular flexibility index (Phi) is 16.6. The van der Waals surface area contributed by atoms with Crippen LogP contribution in [-0.4, -0.2) is 27.3 Å². The van der Waals surface area contributed by atoms with Gasteiger partial charge in [-0.05, 0) is 12.4 Å². The second-order valence-electron chi connectivity index (χ2n) is 0.508. The van der Waals surface area contributed by atoms with E-state index in [4.69, 9.17) is 1.37 Å². The number of rotatable bonds is 0. The average molecular weight is 101 g/mol. The fourth-order valence-corrected chi connectivity index (χ4v) is 0. The second-order valence-corrected chi connectivity index (χ2v) is 0.508. The van der Waals surface area contributed by atoms with Gasteiger partial charge in [-0.3, -0.25) is 4.39 Å². The lowest BCUT2D eigenvalue weighted by Gasteiger charge is -1.44. The van der Waals surface area contributed by atoms with Gasteiger partial charge in [0.1, 0.15) is 7.85 Å². The number of hydrogen-bond acceptors (Lipinski definition) is 1. The van der Waals surface area contributed by atoms with Crippen molar-refractivity contribution in [3.05, 3.63) is 6.58 Å². The highest BCUT2D eigenvalue weighted by Crippen LogP contribution is 1.39. The highest BCUT2D eigenvalue weighted by molar-refractivity contribution is 6.07. The molecule has 0 spiro atoms. The Hall–Kier alpha value is -0.555. The minimum Gasteiger partial charge on any atom is -0.262 e. The molecule has 0 fully saturated rings. The van der Waals surface area contributed by atoms with E-state index in [0.717, 1.165) is 0 Å². The van der Waals surface area contributed by atoms with Crippen molar-refractivity contribution in [3.63, 3.8) is 0 Å². The molecular weight excluding hydrogens is 91.9 g/mol. The SMILES string of the molecule is C=C=NC.[3H]C([B])F. The van der Waals surface area contributed by atoms with E-state index in [2.05, 4.69) is 25.3 Å². The van der Waals surface area contributed by atoms with Crippen LogP contribution in [0.25, 0.3) is 0 Å². The third-order valence-electron chi connectivity index (χ3n) is 0.158. The number of hydrogen-bond donors (Lipinski definition) is 0. The van der Waals surface area contributed by atoms with Crippen LogP contribution in [0.15, 0.2) is 11.6 Å². The van der Waals surface area contributed by atoms with Crippen molar-refractivity contribution < 1.29 is 5.76 Å². The molecule has 0 amide bonds. The summed E-state index contributed by atoms with van der Waals surface area (Å²) >= 11 is 0. The summed E-state index contributed by atoms with van der Waals surface area (Å²) in [4.78, 5) is 3.38. The zero-order valence-electron chi connectivity index (χ0n) is 5.19. The molecule has 0 bridgehead atoms. The molecule has 38 valence electrons. The van der Waals surface area contributed by atoms with E-state index in [1.54, 1.807) is 7.05 Å². The summed E-state index contributed by atoms with van der Waals surface area (Å²) in [6, 6.07) is 0. The molecular formula is C4H7BFN. The Morgan fingerprint density at radius 2 is 2.43 bits per heavy atom. The van der Waals surface area contributed by atoms with Crippen molar-refractivity contribution in [2.75, 3.05) is 13.6 Å². The Balaban J connectivity index is 0. The normalized spacial score (nSPS) is 11.4. The zero-order valence-corrected chi connectivity index (χ0v) is 4.19. The minimum atomic E-state index is -1.92. The largest absolute Gasteiger partial charge is 0.262 e. The maximum Gasteiger partial charge on any atom is 0.111 e. The van der Waals surface area contributed by atoms with Crippen molar-refractivity contribution in [1.82, 2.24) is 0 Å². The highest BCUT2D eigenvalue weighted by Gasteiger charge is 1.41. The summed E-state index contributed by atoms with van der Waals surface area (Å²) in [6.45, 7) is 1.27. The molecule has 0 N–H and O–H groups in total. The van der Waals surface area contributed by atoms with E-state index in [1.807, 2.05) is 0 Å². The van der Waals surface area contributed by atoms with Crippen LogP contribution < -0.4 is 0 Å². The molecule has 0 saturated carbocycles. The maximum atomic E-state index is 10.4. The maximum absolute atomic E-state index is 10.4. The van der Waals surface area contributed by atoms with E-state index in [0.29, 0.717) is 0 Å². The van der Waals surface area contributed by atoms with Gasteiger partial charge in [-0.25, -0.2) is 4.99 Å². The summed E-state index contributed by atoms with van der Waals surface area (Å²) in [5, 5.41) is 0. The molecule has 0 heterocycles. The van der Waals surface area contributed by atoms with Crippen LogP contribution in [0.5, 0.6) is 0 Å². The van der Waals surface area contributed by atoms with Crippen LogP contribution in [-0.2, 0) is 0 Å². The van der Waals surface area contributed by atoms with E-state index in [-0.39, 0.29) is 0 Å². The van der Waals surface area contributed by atoms with Crippen LogP contribution in [0.2, 0.25) is 0 Å². The molecule has 1 unspecified atom stereocenters. The Labute approximate surface area is 45.8 Å². The number of nitrogens with zero attached hydrogens (tertiary/aromatic N) is 1. The smallest absolute Gasteiger partial charge is 0.111 e. The first-order valence-corrected chi connectivity index (χ1v) is 1.58. The molecule has 0 aliphatic heterocycles. The monoisotopic (exact) mass is 101 g/mol. The predicted octanol–water partition coefficient (Wildman–Crippen LogP) is 0.554. The summed E-state index contributed by atoms with van der Waals surface area (Å²) < 4.78 is 16.1. The van der Waals surface area contributed by atoms with Crippen LogP contribution in [0, 0.1) is 0 Å². The van der Waals surface area contributed by atoms with Crippen molar-refractivity contribution in [1.29, 1.82) is 0 Å². The quantitative estimate of drug-likeness (QED) is 0.312. The van der Waals surface area contributed by atoms with Gasteiger partial charge in [0, 0.05) is 13.6 Å². The van der Waals surface area contributed by atoms with Crippen molar-refractivity contribution in [3.8, 4) is 0 Å². The van der Waals surface area contributed by atoms with Gasteiger partial charge in [0.15, 0.2) is 0 Å². The predicted molar refractivity (Wildman–Crippen MR) is 30.7 cm³/mol. The summed E-state index contributed by atoms with van der Waals surface area (Å²) in [5.41, 5.74) is 0. The molecule has 0 aliphatic carbocycles. The molecule has 0 saturated heterocycles. The van der Waals surface area contributed by atoms with Gasteiger partial charge in [-0.2, -0.15) is 0 Å². The standard InChI is InChI=1S/C3H5N.CH2BF/c1-3-4-2;2-1-3/h1H2,2H3;1H2/i;1T. The van der Waals surface area contributed by atoms with Gasteiger partial charge in [0.25, 0.3) is 0 Å². The first kappa shape index (κ1) is 6.44. The second kappa shape index (κ2) is 18.0. The van der Waals surface area contributed by atoms with E-state index in [9.17, 15) is 4.39 Å². The first-order valence-electron chi connectivity index (χ1n) is 2.15. The van der Waals surface area contributed by atoms with Crippen LogP contribution >= 0.6 is 0 Å². The number of halogens is 1. The molecule has 0 aliphatic rings. The zero-order chi connectivity index (χ0) is 6.99. The van der Waals surface area contributed by atoms with Gasteiger partial charge in [-0.15, -0.1) is 0 Å². The van der Waals surface area contributed by atoms with Gasteiger partial charge in [-0.1, -0.05) is 0 Å². The van der Waals surface area contributed by atoms with E-state index in [1.165, 1.54) is 0 Å². The fourth-order valence-electron chi connectivity index (χ4n) is 0. The summed E-state index contributed by atoms with van der Waals surface area (Å²) in [6.07, 6.45) is 0. The van der Waals surface area contributed by atoms with Crippen molar-refractivity contribution >= 4 is 13.7 Å². The Morgan fingerprint density at radius 1 is 2.29 bits per heavy atom. The van der Waals surface area contributed by atoms with E-state index < -0.39 is 6.55 Å². The lowest BCUT2D eigenvalue weighted by atomic mass is 10.2. The molecule has 1 atom stereocenters. The van der Waals surface area contributed by atoms with Crippen LogP contribution in [0.3, 0.4) is 0 Å². The Morgan fingerprint density at radius 3 is 2.43 bits per heavy atom. The summed E-state index contributed by atoms with van der Waals surface area (Å²) in [7, 11) is 5.74. The summed E-state index contributed by atoms with van der Waals surface area (Å²) in [5.74, 6) is 2.31. The fraction of sp³-hybridized carbons (Fsp3) is 0.500. The Bertz CT molecular complexity index is 77.4. The molecule has 0 rings (SSSR count). The highest BCUT2D eigenvalue weighted by atomic mass is 19.1. The first-order chi connectivity index (χ1) is 3.65. The molecule has 0 aromatic rings. The molecule has 0 aromatic heterocycles. The number of aliphatic imine (C=N–C) groups is 1. The average Bonchev–Trinajstić information content (AvgIpc) is 1.65. The van der Waals surface area contributed by atoms with Crippen LogP contribution in [0.1, 0.15) is 1.37 Å². The van der Waals surface area contributed by atoms with Crippen molar-refractivity contribution in [2.45, 2.75) is 0 Å². The van der Waals surface area contributed by atoms with Gasteiger partial charge in [0.05, 0.1) is 1.37 Å². The van der Waals surface area contributed by atoms with Gasteiger partial charge >= 0.3 is 0 Å². The minimum absolute atomic E-state index is 1.63. The number of alkyl halides is 1. The lowest BCUT2D eigenvalue weighted by molar-refractivity contribution is 0.598. The van der Waals surface area contributed by atoms with Crippen LogP contribution in [0.4, 0.5) is 4.39 Å². The topological polar surface area (TPSA) is 12.4 Å². The van der Waals surface area contributed by atoms with E-state index >= 15 is 0 Å². The molecule has 0 aromatic carbocycles. The van der Waals surface area contributed by atoms with Gasteiger partial charge < -0.3 is 0 Å². The molecule has 1 nitrogen and oxygen atoms in total. The molecule has 2 radical (unpaired) electrons. The van der Waals surface area contributed by atoms with Gasteiger partial charge in [0.2, 0.25) is 0 Å².